The van der Waals surface area contributed by atoms with E-state index in [9.17, 15) is 9.59 Å². The van der Waals surface area contributed by atoms with Crippen molar-refractivity contribution in [2.24, 2.45) is 0 Å². The van der Waals surface area contributed by atoms with Crippen LogP contribution in [0, 0.1) is 6.92 Å². The van der Waals surface area contributed by atoms with Crippen LogP contribution in [0.25, 0.3) is 0 Å². The van der Waals surface area contributed by atoms with Crippen LogP contribution in [0.4, 0.5) is 10.7 Å². The van der Waals surface area contributed by atoms with E-state index in [2.05, 4.69) is 25.9 Å². The van der Waals surface area contributed by atoms with Crippen LogP contribution in [-0.4, -0.2) is 43.6 Å². The summed E-state index contributed by atoms with van der Waals surface area (Å²) in [5, 5.41) is 13.6. The van der Waals surface area contributed by atoms with Gasteiger partial charge in [-0.05, 0) is 39.5 Å². The lowest BCUT2D eigenvalue weighted by molar-refractivity contribution is -0.115. The van der Waals surface area contributed by atoms with Crippen molar-refractivity contribution in [1.29, 1.82) is 0 Å². The summed E-state index contributed by atoms with van der Waals surface area (Å²) in [6, 6.07) is 1.80. The number of hydrogen-bond acceptors (Lipinski definition) is 7. The first-order valence-electron chi connectivity index (χ1n) is 9.50. The second-order valence-electron chi connectivity index (χ2n) is 7.89. The highest BCUT2D eigenvalue weighted by Gasteiger charge is 2.40. The van der Waals surface area contributed by atoms with E-state index in [0.29, 0.717) is 12.2 Å². The minimum atomic E-state index is -0.347. The molecule has 0 spiro atoms. The smallest absolute Gasteiger partial charge is 0.407 e. The first-order valence-corrected chi connectivity index (χ1v) is 9.50. The van der Waals surface area contributed by atoms with Gasteiger partial charge in [0.1, 0.15) is 18.2 Å². The molecule has 4 rings (SSSR count). The molecule has 0 aliphatic heterocycles. The summed E-state index contributed by atoms with van der Waals surface area (Å²) < 4.78 is 12.3. The normalized spacial score (nSPS) is 22.6. The van der Waals surface area contributed by atoms with E-state index in [1.807, 2.05) is 6.92 Å². The molecule has 150 valence electrons. The molecule has 2 heterocycles. The Hall–Kier alpha value is -2.91. The predicted octanol–water partition coefficient (Wildman–Crippen LogP) is 2.13. The van der Waals surface area contributed by atoms with E-state index in [0.717, 1.165) is 31.4 Å². The van der Waals surface area contributed by atoms with E-state index < -0.39 is 0 Å². The Kier molecular flexibility index (Phi) is 4.78. The highest BCUT2D eigenvalue weighted by Crippen LogP contribution is 2.35. The van der Waals surface area contributed by atoms with Crippen molar-refractivity contribution in [3.63, 3.8) is 0 Å². The maximum Gasteiger partial charge on any atom is 0.407 e. The summed E-state index contributed by atoms with van der Waals surface area (Å²) in [5.74, 6) is 0.459. The number of alkyl carbamates (subject to hydrolysis) is 1. The number of nitrogens with one attached hydrogen (secondary N) is 2. The van der Waals surface area contributed by atoms with Crippen molar-refractivity contribution in [2.45, 2.75) is 70.1 Å². The molecule has 2 fully saturated rings. The Labute approximate surface area is 162 Å². The third kappa shape index (κ3) is 4.49. The monoisotopic (exact) mass is 388 g/mol. The number of carbonyl (C=O) groups excluding carboxylic acids is 2. The van der Waals surface area contributed by atoms with Crippen molar-refractivity contribution in [1.82, 2.24) is 25.2 Å². The molecule has 2 aromatic heterocycles. The average molecular weight is 388 g/mol. The van der Waals surface area contributed by atoms with Crippen LogP contribution in [0.5, 0.6) is 0 Å². The number of carbonyl (C=O) groups is 2. The number of nitrogens with zero attached hydrogens (tertiary/aromatic N) is 4. The van der Waals surface area contributed by atoms with Gasteiger partial charge in [0.15, 0.2) is 0 Å². The third-order valence-electron chi connectivity index (χ3n) is 5.18. The fraction of sp³-hybridized carbons (Fsp3) is 0.611. The molecule has 10 nitrogen and oxygen atoms in total. The molecule has 2 unspecified atom stereocenters. The minimum Gasteiger partial charge on any atom is -0.446 e. The number of amides is 2. The number of rotatable bonds is 6. The van der Waals surface area contributed by atoms with Crippen molar-refractivity contribution >= 4 is 17.9 Å². The molecule has 28 heavy (non-hydrogen) atoms. The van der Waals surface area contributed by atoms with Crippen LogP contribution in [0.3, 0.4) is 0 Å². The minimum absolute atomic E-state index is 0.0722. The number of aromatic nitrogens is 4. The number of anilines is 1. The van der Waals surface area contributed by atoms with Crippen LogP contribution in [0.1, 0.15) is 56.5 Å². The SMILES string of the molecule is Cc1cc(CC(=O)Nc2ncn(C3CCC(OC(=O)NC4(C)CC4)C3)n2)on1. The summed E-state index contributed by atoms with van der Waals surface area (Å²) in [7, 11) is 0. The standard InChI is InChI=1S/C18H24N6O4/c1-11-7-14(28-23-11)9-15(25)20-16-19-10-24(22-16)12-3-4-13(8-12)27-17(26)21-18(2)5-6-18/h7,10,12-13H,3-6,8-9H2,1-2H3,(H,21,26)(H,20,22,25). The molecule has 2 aliphatic carbocycles. The zero-order valence-electron chi connectivity index (χ0n) is 16.0. The maximum absolute atomic E-state index is 12.1. The van der Waals surface area contributed by atoms with E-state index in [1.165, 1.54) is 0 Å². The Morgan fingerprint density at radius 1 is 1.39 bits per heavy atom. The van der Waals surface area contributed by atoms with Gasteiger partial charge in [-0.3, -0.25) is 10.1 Å². The van der Waals surface area contributed by atoms with Gasteiger partial charge in [0.2, 0.25) is 11.9 Å². The summed E-state index contributed by atoms with van der Waals surface area (Å²) in [4.78, 5) is 28.2. The quantitative estimate of drug-likeness (QED) is 0.777. The lowest BCUT2D eigenvalue weighted by Gasteiger charge is -2.16. The third-order valence-corrected chi connectivity index (χ3v) is 5.18. The predicted molar refractivity (Wildman–Crippen MR) is 97.5 cm³/mol. The topological polar surface area (TPSA) is 124 Å². The van der Waals surface area contributed by atoms with Gasteiger partial charge in [0.05, 0.1) is 18.2 Å². The van der Waals surface area contributed by atoms with Crippen LogP contribution in [0.15, 0.2) is 16.9 Å². The Morgan fingerprint density at radius 3 is 2.93 bits per heavy atom. The molecule has 0 aromatic carbocycles. The van der Waals surface area contributed by atoms with Gasteiger partial charge < -0.3 is 14.6 Å². The molecular weight excluding hydrogens is 364 g/mol. The molecule has 2 saturated carbocycles. The number of aryl methyl sites for hydroxylation is 1. The van der Waals surface area contributed by atoms with Gasteiger partial charge in [0, 0.05) is 18.0 Å². The Balaban J connectivity index is 1.26. The van der Waals surface area contributed by atoms with Gasteiger partial charge >= 0.3 is 6.09 Å². The van der Waals surface area contributed by atoms with E-state index in [1.54, 1.807) is 24.0 Å². The lowest BCUT2D eigenvalue weighted by Crippen LogP contribution is -2.36. The second-order valence-corrected chi connectivity index (χ2v) is 7.89. The van der Waals surface area contributed by atoms with E-state index >= 15 is 0 Å². The van der Waals surface area contributed by atoms with E-state index in [4.69, 9.17) is 9.26 Å². The fourth-order valence-electron chi connectivity index (χ4n) is 3.34. The maximum atomic E-state index is 12.1. The zero-order valence-corrected chi connectivity index (χ0v) is 16.0. The Morgan fingerprint density at radius 2 is 2.21 bits per heavy atom. The highest BCUT2D eigenvalue weighted by molar-refractivity contribution is 5.90. The molecule has 2 N–H and O–H groups in total. The molecule has 10 heteroatoms. The van der Waals surface area contributed by atoms with Crippen molar-refractivity contribution in [2.75, 3.05) is 5.32 Å². The fourth-order valence-corrected chi connectivity index (χ4v) is 3.34. The average Bonchev–Trinajstić information content (AvgIpc) is 3.05. The van der Waals surface area contributed by atoms with Crippen LogP contribution < -0.4 is 10.6 Å². The van der Waals surface area contributed by atoms with Gasteiger partial charge in [-0.2, -0.15) is 0 Å². The second kappa shape index (κ2) is 7.25. The summed E-state index contributed by atoms with van der Waals surface area (Å²) >= 11 is 0. The first-order chi connectivity index (χ1) is 13.4. The number of hydrogen-bond donors (Lipinski definition) is 2. The first kappa shape index (κ1) is 18.5. The largest absolute Gasteiger partial charge is 0.446 e. The molecule has 0 radical (unpaired) electrons. The summed E-state index contributed by atoms with van der Waals surface area (Å²) in [6.45, 7) is 3.81. The van der Waals surface area contributed by atoms with Crippen LogP contribution in [0.2, 0.25) is 0 Å². The highest BCUT2D eigenvalue weighted by atomic mass is 16.6. The Bertz CT molecular complexity index is 871. The van der Waals surface area contributed by atoms with Crippen molar-refractivity contribution in [3.8, 4) is 0 Å². The summed E-state index contributed by atoms with van der Waals surface area (Å²) in [5.41, 5.74) is 0.640. The lowest BCUT2D eigenvalue weighted by atomic mass is 10.2. The van der Waals surface area contributed by atoms with E-state index in [-0.39, 0.29) is 42.1 Å². The zero-order chi connectivity index (χ0) is 19.7. The van der Waals surface area contributed by atoms with Gasteiger partial charge in [0.25, 0.3) is 0 Å². The summed E-state index contributed by atoms with van der Waals surface area (Å²) in [6.07, 6.45) is 5.47. The van der Waals surface area contributed by atoms with Crippen LogP contribution >= 0.6 is 0 Å². The molecular formula is C18H24N6O4. The number of ether oxygens (including phenoxy) is 1. The molecule has 2 amide bonds. The van der Waals surface area contributed by atoms with Gasteiger partial charge in [-0.25, -0.2) is 14.5 Å². The van der Waals surface area contributed by atoms with Crippen molar-refractivity contribution < 1.29 is 18.8 Å². The van der Waals surface area contributed by atoms with Crippen LogP contribution in [-0.2, 0) is 16.0 Å². The molecule has 2 aromatic rings. The molecule has 2 atom stereocenters. The molecule has 2 aliphatic rings. The van der Waals surface area contributed by atoms with Crippen molar-refractivity contribution in [3.05, 3.63) is 23.8 Å². The van der Waals surface area contributed by atoms with Gasteiger partial charge in [-0.15, -0.1) is 5.10 Å². The molecule has 0 saturated heterocycles. The van der Waals surface area contributed by atoms with Gasteiger partial charge in [-0.1, -0.05) is 5.16 Å². The molecule has 0 bridgehead atoms.